The van der Waals surface area contributed by atoms with Crippen LogP contribution in [0.15, 0.2) is 97.2 Å². The number of unbranched alkanes of at least 4 members (excludes halogenated alkanes) is 6. The third-order valence-corrected chi connectivity index (χ3v) is 6.80. The van der Waals surface area contributed by atoms with E-state index in [9.17, 15) is 14.7 Å². The molecule has 0 bridgehead atoms. The van der Waals surface area contributed by atoms with Crippen LogP contribution >= 0.6 is 0 Å². The molecule has 0 aliphatic carbocycles. The van der Waals surface area contributed by atoms with Crippen molar-refractivity contribution in [3.8, 4) is 0 Å². The lowest BCUT2D eigenvalue weighted by Crippen LogP contribution is -2.25. The normalized spacial score (nSPS) is 13.4. The maximum absolute atomic E-state index is 11.9. The van der Waals surface area contributed by atoms with Crippen LogP contribution in [-0.2, 0) is 19.1 Å². The van der Waals surface area contributed by atoms with E-state index in [4.69, 9.17) is 9.47 Å². The van der Waals surface area contributed by atoms with E-state index in [1.807, 2.05) is 0 Å². The molecule has 0 spiro atoms. The van der Waals surface area contributed by atoms with Gasteiger partial charge in [-0.05, 0) is 89.9 Å². The summed E-state index contributed by atoms with van der Waals surface area (Å²) in [5.74, 6) is -0.687. The molecule has 0 aromatic rings. The Balaban J connectivity index is 3.66. The Hall–Kier alpha value is -3.18. The molecule has 0 unspecified atom stereocenters. The minimum Gasteiger partial charge on any atom is -0.463 e. The number of aliphatic hydroxyl groups is 1. The van der Waals surface area contributed by atoms with Gasteiger partial charge in [-0.3, -0.25) is 9.59 Å². The Morgan fingerprint density at radius 3 is 1.24 bits per heavy atom. The Bertz CT molecular complexity index is 948. The van der Waals surface area contributed by atoms with Gasteiger partial charge in [0, 0.05) is 12.8 Å². The van der Waals surface area contributed by atoms with Gasteiger partial charge in [-0.25, -0.2) is 0 Å². The van der Waals surface area contributed by atoms with Crippen molar-refractivity contribution in [2.75, 3.05) is 13.2 Å². The molecule has 0 aliphatic heterocycles. The number of aliphatic hydroxyl groups excluding tert-OH is 1. The average Bonchev–Trinajstić information content (AvgIpc) is 3.06. The molecule has 0 rings (SSSR count). The number of ether oxygens (including phenoxy) is 2. The monoisotopic (exact) mass is 636 g/mol. The molecule has 0 aromatic heterocycles. The van der Waals surface area contributed by atoms with Gasteiger partial charge in [0.25, 0.3) is 0 Å². The second kappa shape index (κ2) is 36.3. The van der Waals surface area contributed by atoms with Gasteiger partial charge in [-0.15, -0.1) is 0 Å². The summed E-state index contributed by atoms with van der Waals surface area (Å²) in [7, 11) is 0. The summed E-state index contributed by atoms with van der Waals surface area (Å²) in [5.41, 5.74) is 0. The fraction of sp³-hybridized carbons (Fsp3) is 0.561. The van der Waals surface area contributed by atoms with Crippen molar-refractivity contribution in [3.05, 3.63) is 97.2 Å². The zero-order valence-electron chi connectivity index (χ0n) is 29.0. The SMILES string of the molecule is CC/C=C\C/C=C\C/C=C\C/C=C\C/C=C\CCCC(=O)OC[C@H](O)COC(=O)CCCC/C=C\C/C=C\C/C=C\CCCCC. The van der Waals surface area contributed by atoms with E-state index in [2.05, 4.69) is 111 Å². The number of hydrogen-bond acceptors (Lipinski definition) is 5. The highest BCUT2D eigenvalue weighted by molar-refractivity contribution is 5.69. The quantitative estimate of drug-likeness (QED) is 0.0482. The highest BCUT2D eigenvalue weighted by Gasteiger charge is 2.11. The van der Waals surface area contributed by atoms with Crippen molar-refractivity contribution in [2.24, 2.45) is 0 Å². The molecule has 258 valence electrons. The van der Waals surface area contributed by atoms with Crippen LogP contribution in [0, 0.1) is 0 Å². The smallest absolute Gasteiger partial charge is 0.305 e. The van der Waals surface area contributed by atoms with E-state index in [-0.39, 0.29) is 25.2 Å². The number of allylic oxidation sites excluding steroid dienone is 16. The Morgan fingerprint density at radius 2 is 0.826 bits per heavy atom. The summed E-state index contributed by atoms with van der Waals surface area (Å²) in [6.45, 7) is 4.04. The fourth-order valence-corrected chi connectivity index (χ4v) is 4.13. The van der Waals surface area contributed by atoms with Crippen LogP contribution < -0.4 is 0 Å². The summed E-state index contributed by atoms with van der Waals surface area (Å²) >= 11 is 0. The largest absolute Gasteiger partial charge is 0.463 e. The maximum atomic E-state index is 11.9. The van der Waals surface area contributed by atoms with Gasteiger partial charge in [0.2, 0.25) is 0 Å². The number of rotatable bonds is 30. The fourth-order valence-electron chi connectivity index (χ4n) is 4.13. The molecular weight excluding hydrogens is 572 g/mol. The Morgan fingerprint density at radius 1 is 0.478 bits per heavy atom. The van der Waals surface area contributed by atoms with Crippen molar-refractivity contribution in [1.29, 1.82) is 0 Å². The standard InChI is InChI=1S/C41H64O5/c1-3-5-7-9-11-13-15-17-19-20-22-24-26-28-30-32-34-36-41(44)46-38-39(42)37-45-40(43)35-33-31-29-27-25-23-21-18-16-14-12-10-8-6-4-2/h5,7,11-14,17-19,21-22,24-25,27-28,30,39,42H,3-4,6,8-10,15-16,20,23,26,29,31-38H2,1-2H3/b7-5-,13-11-,14-12-,19-17-,21-18-,24-22-,27-25-,30-28-/t39-/m1/s1. The van der Waals surface area contributed by atoms with E-state index in [1.54, 1.807) is 0 Å². The van der Waals surface area contributed by atoms with Gasteiger partial charge in [-0.2, -0.15) is 0 Å². The van der Waals surface area contributed by atoms with Crippen LogP contribution in [0.5, 0.6) is 0 Å². The zero-order chi connectivity index (χ0) is 33.6. The van der Waals surface area contributed by atoms with Crippen molar-refractivity contribution < 1.29 is 24.2 Å². The summed E-state index contributed by atoms with van der Waals surface area (Å²) in [6, 6.07) is 0. The predicted molar refractivity (Wildman–Crippen MR) is 195 cm³/mol. The van der Waals surface area contributed by atoms with Crippen LogP contribution in [0.25, 0.3) is 0 Å². The van der Waals surface area contributed by atoms with Crippen LogP contribution in [-0.4, -0.2) is 36.4 Å². The maximum Gasteiger partial charge on any atom is 0.305 e. The van der Waals surface area contributed by atoms with Gasteiger partial charge in [0.15, 0.2) is 0 Å². The minimum atomic E-state index is -1.01. The van der Waals surface area contributed by atoms with Crippen LogP contribution in [0.4, 0.5) is 0 Å². The topological polar surface area (TPSA) is 72.8 Å². The lowest BCUT2D eigenvalue weighted by Gasteiger charge is -2.12. The first-order chi connectivity index (χ1) is 22.6. The third-order valence-electron chi connectivity index (χ3n) is 6.80. The molecule has 0 amide bonds. The molecule has 1 atom stereocenters. The number of esters is 2. The molecule has 0 aromatic carbocycles. The van der Waals surface area contributed by atoms with Gasteiger partial charge >= 0.3 is 11.9 Å². The first-order valence-electron chi connectivity index (χ1n) is 17.8. The zero-order valence-corrected chi connectivity index (χ0v) is 29.0. The molecule has 0 aliphatic rings. The van der Waals surface area contributed by atoms with E-state index in [0.29, 0.717) is 19.3 Å². The lowest BCUT2D eigenvalue weighted by atomic mass is 10.1. The highest BCUT2D eigenvalue weighted by Crippen LogP contribution is 2.05. The molecule has 0 fully saturated rings. The van der Waals surface area contributed by atoms with Crippen LogP contribution in [0.2, 0.25) is 0 Å². The van der Waals surface area contributed by atoms with Gasteiger partial charge in [0.1, 0.15) is 19.3 Å². The highest BCUT2D eigenvalue weighted by atomic mass is 16.6. The molecule has 46 heavy (non-hydrogen) atoms. The number of carbonyl (C=O) groups excluding carboxylic acids is 2. The molecular formula is C41H64O5. The van der Waals surface area contributed by atoms with E-state index in [0.717, 1.165) is 70.6 Å². The van der Waals surface area contributed by atoms with Crippen molar-refractivity contribution in [1.82, 2.24) is 0 Å². The van der Waals surface area contributed by atoms with Gasteiger partial charge in [-0.1, -0.05) is 124 Å². The second-order valence-corrected chi connectivity index (χ2v) is 11.2. The Kier molecular flexibility index (Phi) is 33.8. The first kappa shape index (κ1) is 42.8. The molecule has 0 saturated heterocycles. The average molecular weight is 637 g/mol. The van der Waals surface area contributed by atoms with Gasteiger partial charge < -0.3 is 14.6 Å². The molecule has 5 nitrogen and oxygen atoms in total. The number of hydrogen-bond donors (Lipinski definition) is 1. The summed E-state index contributed by atoms with van der Waals surface area (Å²) in [5, 5.41) is 9.97. The van der Waals surface area contributed by atoms with E-state index < -0.39 is 6.10 Å². The van der Waals surface area contributed by atoms with E-state index >= 15 is 0 Å². The molecule has 0 radical (unpaired) electrons. The number of carbonyl (C=O) groups is 2. The Labute approximate surface area is 281 Å². The second-order valence-electron chi connectivity index (χ2n) is 11.2. The van der Waals surface area contributed by atoms with Crippen molar-refractivity contribution in [3.63, 3.8) is 0 Å². The first-order valence-corrected chi connectivity index (χ1v) is 17.8. The molecule has 0 heterocycles. The van der Waals surface area contributed by atoms with Crippen LogP contribution in [0.1, 0.15) is 129 Å². The predicted octanol–water partition coefficient (Wildman–Crippen LogP) is 10.9. The molecule has 5 heteroatoms. The van der Waals surface area contributed by atoms with Gasteiger partial charge in [0.05, 0.1) is 0 Å². The summed E-state index contributed by atoms with van der Waals surface area (Å²) < 4.78 is 10.2. The lowest BCUT2D eigenvalue weighted by molar-refractivity contribution is -0.152. The minimum absolute atomic E-state index is 0.160. The third kappa shape index (κ3) is 35.3. The molecule has 1 N–H and O–H groups in total. The van der Waals surface area contributed by atoms with E-state index in [1.165, 1.54) is 25.7 Å². The molecule has 0 saturated carbocycles. The van der Waals surface area contributed by atoms with Crippen LogP contribution in [0.3, 0.4) is 0 Å². The van der Waals surface area contributed by atoms with Crippen molar-refractivity contribution in [2.45, 2.75) is 136 Å². The van der Waals surface area contributed by atoms with Crippen molar-refractivity contribution >= 4 is 11.9 Å². The summed E-state index contributed by atoms with van der Waals surface area (Å²) in [6.07, 6.45) is 50.3. The summed E-state index contributed by atoms with van der Waals surface area (Å²) in [4.78, 5) is 23.8.